The van der Waals surface area contributed by atoms with Crippen LogP contribution >= 0.6 is 0 Å². The highest BCUT2D eigenvalue weighted by atomic mass is 16.5. The zero-order chi connectivity index (χ0) is 11.1. The van der Waals surface area contributed by atoms with Gasteiger partial charge in [0.05, 0.1) is 5.60 Å². The predicted molar refractivity (Wildman–Crippen MR) is 65.0 cm³/mol. The molecular formula is C13H23NO. The van der Waals surface area contributed by atoms with Crippen LogP contribution in [0.1, 0.15) is 33.1 Å². The second-order valence-electron chi connectivity index (χ2n) is 4.34. The number of ether oxygens (including phenoxy) is 1. The molecule has 1 fully saturated rings. The summed E-state index contributed by atoms with van der Waals surface area (Å²) in [6.07, 6.45) is 9.89. The summed E-state index contributed by atoms with van der Waals surface area (Å²) in [6.45, 7) is 6.35. The summed E-state index contributed by atoms with van der Waals surface area (Å²) < 4.78 is 5.54. The van der Waals surface area contributed by atoms with Crippen LogP contribution in [-0.4, -0.2) is 25.8 Å². The van der Waals surface area contributed by atoms with E-state index in [0.29, 0.717) is 0 Å². The van der Waals surface area contributed by atoms with Gasteiger partial charge in [0.15, 0.2) is 0 Å². The monoisotopic (exact) mass is 209 g/mol. The van der Waals surface area contributed by atoms with Crippen LogP contribution in [0.3, 0.4) is 0 Å². The van der Waals surface area contributed by atoms with Gasteiger partial charge in [-0.05, 0) is 26.2 Å². The molecule has 1 aliphatic rings. The highest BCUT2D eigenvalue weighted by molar-refractivity contribution is 5.11. The number of methoxy groups -OCH3 is 1. The first-order valence-corrected chi connectivity index (χ1v) is 5.80. The Kier molecular flexibility index (Phi) is 5.06. The van der Waals surface area contributed by atoms with Crippen molar-refractivity contribution < 1.29 is 4.74 Å². The van der Waals surface area contributed by atoms with Crippen LogP contribution in [0, 0.1) is 0 Å². The van der Waals surface area contributed by atoms with Gasteiger partial charge in [0.2, 0.25) is 0 Å². The van der Waals surface area contributed by atoms with Gasteiger partial charge in [0.25, 0.3) is 0 Å². The van der Waals surface area contributed by atoms with Crippen molar-refractivity contribution >= 4 is 0 Å². The first kappa shape index (κ1) is 12.5. The van der Waals surface area contributed by atoms with Crippen molar-refractivity contribution in [1.29, 1.82) is 0 Å². The Hall–Kier alpha value is -0.600. The maximum absolute atomic E-state index is 5.54. The van der Waals surface area contributed by atoms with E-state index in [-0.39, 0.29) is 5.60 Å². The zero-order valence-corrected chi connectivity index (χ0v) is 10.2. The Morgan fingerprint density at radius 2 is 2.20 bits per heavy atom. The lowest BCUT2D eigenvalue weighted by atomic mass is 9.89. The Labute approximate surface area is 93.4 Å². The molecule has 0 bridgehead atoms. The van der Waals surface area contributed by atoms with Gasteiger partial charge < -0.3 is 10.1 Å². The van der Waals surface area contributed by atoms with Crippen LogP contribution in [0.25, 0.3) is 0 Å². The van der Waals surface area contributed by atoms with E-state index in [4.69, 9.17) is 4.74 Å². The number of nitrogens with one attached hydrogen (secondary N) is 1. The third-order valence-corrected chi connectivity index (χ3v) is 3.05. The summed E-state index contributed by atoms with van der Waals surface area (Å²) in [6, 6.07) is 0. The van der Waals surface area contributed by atoms with E-state index in [1.54, 1.807) is 0 Å². The van der Waals surface area contributed by atoms with Crippen molar-refractivity contribution in [1.82, 2.24) is 5.32 Å². The highest BCUT2D eigenvalue weighted by Crippen LogP contribution is 2.24. The largest absolute Gasteiger partial charge is 0.376 e. The minimum atomic E-state index is 0.115. The van der Waals surface area contributed by atoms with E-state index in [1.807, 2.05) is 7.11 Å². The first-order valence-electron chi connectivity index (χ1n) is 5.80. The molecule has 1 rings (SSSR count). The van der Waals surface area contributed by atoms with Gasteiger partial charge in [0.1, 0.15) is 0 Å². The summed E-state index contributed by atoms with van der Waals surface area (Å²) in [5, 5.41) is 3.27. The summed E-state index contributed by atoms with van der Waals surface area (Å²) in [5.41, 5.74) is 1.55. The molecule has 1 N–H and O–H groups in total. The molecule has 0 saturated carbocycles. The standard InChI is InChI=1S/C13H23NO/c1-4-5-6-7-12(2)8-9-13(15-3)10-14-11-13/h5-7,14H,4,8-11H2,1-3H3/b6-5-,12-7+. The quantitative estimate of drug-likeness (QED) is 0.679. The van der Waals surface area contributed by atoms with Gasteiger partial charge in [-0.3, -0.25) is 0 Å². The summed E-state index contributed by atoms with van der Waals surface area (Å²) in [4.78, 5) is 0. The van der Waals surface area contributed by atoms with Crippen LogP contribution in [-0.2, 0) is 4.74 Å². The Morgan fingerprint density at radius 3 is 2.67 bits per heavy atom. The molecule has 0 atom stereocenters. The fourth-order valence-electron chi connectivity index (χ4n) is 1.70. The van der Waals surface area contributed by atoms with Crippen molar-refractivity contribution in [2.24, 2.45) is 0 Å². The van der Waals surface area contributed by atoms with Crippen LogP contribution in [0.15, 0.2) is 23.8 Å². The van der Waals surface area contributed by atoms with E-state index in [1.165, 1.54) is 5.57 Å². The Balaban J connectivity index is 2.29. The fraction of sp³-hybridized carbons (Fsp3) is 0.692. The van der Waals surface area contributed by atoms with Crippen LogP contribution < -0.4 is 5.32 Å². The Bertz CT molecular complexity index is 233. The minimum Gasteiger partial charge on any atom is -0.376 e. The van der Waals surface area contributed by atoms with Gasteiger partial charge in [-0.2, -0.15) is 0 Å². The maximum Gasteiger partial charge on any atom is 0.0929 e. The normalized spacial score (nSPS) is 20.6. The molecule has 0 aromatic carbocycles. The molecule has 15 heavy (non-hydrogen) atoms. The van der Waals surface area contributed by atoms with Crippen molar-refractivity contribution in [3.63, 3.8) is 0 Å². The topological polar surface area (TPSA) is 21.3 Å². The summed E-state index contributed by atoms with van der Waals surface area (Å²) in [7, 11) is 1.82. The average molecular weight is 209 g/mol. The molecule has 0 aromatic heterocycles. The predicted octanol–water partition coefficient (Wildman–Crippen LogP) is 2.67. The lowest BCUT2D eigenvalue weighted by molar-refractivity contribution is -0.0566. The van der Waals surface area contributed by atoms with Gasteiger partial charge in [-0.1, -0.05) is 30.7 Å². The number of allylic oxidation sites excluding steroid dienone is 4. The van der Waals surface area contributed by atoms with E-state index in [2.05, 4.69) is 37.4 Å². The van der Waals surface area contributed by atoms with Crippen molar-refractivity contribution in [3.8, 4) is 0 Å². The molecule has 2 heteroatoms. The lowest BCUT2D eigenvalue weighted by Gasteiger charge is -2.41. The number of rotatable bonds is 6. The van der Waals surface area contributed by atoms with Crippen molar-refractivity contribution in [3.05, 3.63) is 23.8 Å². The maximum atomic E-state index is 5.54. The van der Waals surface area contributed by atoms with Gasteiger partial charge in [0, 0.05) is 20.2 Å². The number of hydrogen-bond donors (Lipinski definition) is 1. The minimum absolute atomic E-state index is 0.115. The highest BCUT2D eigenvalue weighted by Gasteiger charge is 2.36. The average Bonchev–Trinajstić information content (AvgIpc) is 2.17. The van der Waals surface area contributed by atoms with Gasteiger partial charge >= 0.3 is 0 Å². The zero-order valence-electron chi connectivity index (χ0n) is 10.2. The van der Waals surface area contributed by atoms with E-state index >= 15 is 0 Å². The first-order chi connectivity index (χ1) is 7.22. The third-order valence-electron chi connectivity index (χ3n) is 3.05. The van der Waals surface area contributed by atoms with Crippen molar-refractivity contribution in [2.45, 2.75) is 38.7 Å². The van der Waals surface area contributed by atoms with E-state index in [9.17, 15) is 0 Å². The molecule has 1 saturated heterocycles. The molecule has 0 radical (unpaired) electrons. The molecule has 86 valence electrons. The lowest BCUT2D eigenvalue weighted by Crippen LogP contribution is -2.60. The molecule has 1 heterocycles. The number of hydrogen-bond acceptors (Lipinski definition) is 2. The summed E-state index contributed by atoms with van der Waals surface area (Å²) >= 11 is 0. The molecule has 0 aromatic rings. The molecule has 0 spiro atoms. The molecule has 0 amide bonds. The van der Waals surface area contributed by atoms with Crippen molar-refractivity contribution in [2.75, 3.05) is 20.2 Å². The van der Waals surface area contributed by atoms with Crippen LogP contribution in [0.2, 0.25) is 0 Å². The second-order valence-corrected chi connectivity index (χ2v) is 4.34. The molecule has 0 aliphatic carbocycles. The molecule has 1 aliphatic heterocycles. The fourth-order valence-corrected chi connectivity index (χ4v) is 1.70. The van der Waals surface area contributed by atoms with Gasteiger partial charge in [-0.25, -0.2) is 0 Å². The van der Waals surface area contributed by atoms with Crippen LogP contribution in [0.4, 0.5) is 0 Å². The molecule has 0 unspecified atom stereocenters. The third kappa shape index (κ3) is 3.80. The SMILES string of the molecule is CC/C=C\C=C(/C)CCC1(OC)CNC1. The Morgan fingerprint density at radius 1 is 1.47 bits per heavy atom. The van der Waals surface area contributed by atoms with Gasteiger partial charge in [-0.15, -0.1) is 0 Å². The van der Waals surface area contributed by atoms with Crippen LogP contribution in [0.5, 0.6) is 0 Å². The smallest absolute Gasteiger partial charge is 0.0929 e. The van der Waals surface area contributed by atoms with E-state index in [0.717, 1.165) is 32.4 Å². The molecular weight excluding hydrogens is 186 g/mol. The second kappa shape index (κ2) is 6.09. The van der Waals surface area contributed by atoms with E-state index < -0.39 is 0 Å². The molecule has 2 nitrogen and oxygen atoms in total. The summed E-state index contributed by atoms with van der Waals surface area (Å²) in [5.74, 6) is 0.